The van der Waals surface area contributed by atoms with Crippen LogP contribution in [0.1, 0.15) is 13.3 Å². The topological polar surface area (TPSA) is 49.4 Å². The molecule has 3 nitrogen and oxygen atoms in total. The zero-order valence-electron chi connectivity index (χ0n) is 5.85. The second-order valence-corrected chi connectivity index (χ2v) is 1.26. The molecule has 0 N–H and O–H groups in total. The van der Waals surface area contributed by atoms with Crippen molar-refractivity contribution in [2.75, 3.05) is 13.2 Å². The van der Waals surface area contributed by atoms with Crippen molar-refractivity contribution in [1.29, 1.82) is 0 Å². The van der Waals surface area contributed by atoms with Gasteiger partial charge in [0.2, 0.25) is 0 Å². The molecule has 0 amide bonds. The maximum atomic E-state index is 10.2. The summed E-state index contributed by atoms with van der Waals surface area (Å²) in [6, 6.07) is 0. The van der Waals surface area contributed by atoms with E-state index in [-0.39, 0.29) is 42.6 Å². The Morgan fingerprint density at radius 1 is 1.67 bits per heavy atom. The monoisotopic (exact) mass is 140 g/mol. The third-order valence-electron chi connectivity index (χ3n) is 0.612. The number of ether oxygens (including phenoxy) is 1. The number of rotatable bonds is 3. The fourth-order valence-corrected chi connectivity index (χ4v) is 0.316. The van der Waals surface area contributed by atoms with Crippen LogP contribution in [0.4, 0.5) is 0 Å². The van der Waals surface area contributed by atoms with Crippen LogP contribution in [0.3, 0.4) is 0 Å². The third-order valence-corrected chi connectivity index (χ3v) is 0.612. The minimum atomic E-state index is -0.400. The fourth-order valence-electron chi connectivity index (χ4n) is 0.316. The molecule has 0 heterocycles. The maximum absolute atomic E-state index is 10.2. The van der Waals surface area contributed by atoms with Crippen molar-refractivity contribution in [2.45, 2.75) is 13.3 Å². The van der Waals surface area contributed by atoms with Crippen LogP contribution in [0.5, 0.6) is 0 Å². The second-order valence-electron chi connectivity index (χ2n) is 1.26. The number of esters is 1. The standard InChI is InChI=1S/C5H9O3.Na/c1-2-8-5(7)3-4-6;/h2-4H2,1H3;/q-1;+1. The van der Waals surface area contributed by atoms with Gasteiger partial charge in [0.25, 0.3) is 0 Å². The zero-order chi connectivity index (χ0) is 6.41. The molecule has 0 bridgehead atoms. The van der Waals surface area contributed by atoms with Crippen LogP contribution in [0.2, 0.25) is 0 Å². The van der Waals surface area contributed by atoms with E-state index >= 15 is 0 Å². The first-order chi connectivity index (χ1) is 3.81. The largest absolute Gasteiger partial charge is 1.00 e. The molecule has 0 unspecified atom stereocenters. The summed E-state index contributed by atoms with van der Waals surface area (Å²) in [5, 5.41) is 9.71. The van der Waals surface area contributed by atoms with E-state index < -0.39 is 5.97 Å². The van der Waals surface area contributed by atoms with Gasteiger partial charge in [-0.1, -0.05) is 0 Å². The van der Waals surface area contributed by atoms with Gasteiger partial charge in [-0.05, 0) is 6.92 Å². The van der Waals surface area contributed by atoms with Gasteiger partial charge in [0, 0.05) is 6.42 Å². The Morgan fingerprint density at radius 2 is 2.22 bits per heavy atom. The molecular formula is C5H9NaO3. The fraction of sp³-hybridized carbons (Fsp3) is 0.800. The van der Waals surface area contributed by atoms with Crippen LogP contribution in [-0.2, 0) is 9.53 Å². The molecule has 0 radical (unpaired) electrons. The summed E-state index contributed by atoms with van der Waals surface area (Å²) in [6.45, 7) is 1.69. The van der Waals surface area contributed by atoms with E-state index in [4.69, 9.17) is 0 Å². The van der Waals surface area contributed by atoms with Crippen molar-refractivity contribution >= 4 is 5.97 Å². The molecule has 0 aliphatic rings. The molecule has 48 valence electrons. The Hall–Kier alpha value is 0.430. The average Bonchev–Trinajstić information content (AvgIpc) is 1.68. The first kappa shape index (κ1) is 12.1. The summed E-state index contributed by atoms with van der Waals surface area (Å²) in [4.78, 5) is 10.2. The molecule has 0 aliphatic heterocycles. The van der Waals surface area contributed by atoms with E-state index in [1.807, 2.05) is 0 Å². The van der Waals surface area contributed by atoms with Crippen molar-refractivity contribution in [3.8, 4) is 0 Å². The minimum absolute atomic E-state index is 0. The van der Waals surface area contributed by atoms with Crippen LogP contribution < -0.4 is 34.7 Å². The van der Waals surface area contributed by atoms with Crippen molar-refractivity contribution in [3.63, 3.8) is 0 Å². The van der Waals surface area contributed by atoms with Gasteiger partial charge in [0.1, 0.15) is 0 Å². The average molecular weight is 140 g/mol. The third kappa shape index (κ3) is 8.43. The van der Waals surface area contributed by atoms with Gasteiger partial charge in [-0.15, -0.1) is 6.61 Å². The molecule has 9 heavy (non-hydrogen) atoms. The Balaban J connectivity index is 0. The van der Waals surface area contributed by atoms with Crippen molar-refractivity contribution in [2.24, 2.45) is 0 Å². The van der Waals surface area contributed by atoms with Gasteiger partial charge in [-0.3, -0.25) is 4.79 Å². The van der Waals surface area contributed by atoms with Crippen LogP contribution in [0.15, 0.2) is 0 Å². The summed E-state index contributed by atoms with van der Waals surface area (Å²) >= 11 is 0. The number of hydrogen-bond donors (Lipinski definition) is 0. The van der Waals surface area contributed by atoms with E-state index in [1.54, 1.807) is 6.92 Å². The zero-order valence-corrected chi connectivity index (χ0v) is 7.85. The Bertz CT molecular complexity index is 66.6. The summed E-state index contributed by atoms with van der Waals surface area (Å²) in [7, 11) is 0. The molecule has 0 fully saturated rings. The molecule has 0 saturated heterocycles. The molecule has 0 aliphatic carbocycles. The van der Waals surface area contributed by atoms with Gasteiger partial charge >= 0.3 is 35.5 Å². The molecule has 0 atom stereocenters. The van der Waals surface area contributed by atoms with E-state index in [0.717, 1.165) is 0 Å². The van der Waals surface area contributed by atoms with Crippen LogP contribution >= 0.6 is 0 Å². The minimum Gasteiger partial charge on any atom is -0.854 e. The van der Waals surface area contributed by atoms with Crippen LogP contribution in [0.25, 0.3) is 0 Å². The number of carbonyl (C=O) groups excluding carboxylic acids is 1. The molecule has 0 aromatic heterocycles. The summed E-state index contributed by atoms with van der Waals surface area (Å²) in [5.41, 5.74) is 0. The first-order valence-electron chi connectivity index (χ1n) is 2.55. The smallest absolute Gasteiger partial charge is 0.854 e. The quantitative estimate of drug-likeness (QED) is 0.299. The summed E-state index contributed by atoms with van der Waals surface area (Å²) in [5.74, 6) is -0.400. The van der Waals surface area contributed by atoms with Gasteiger partial charge in [0.15, 0.2) is 0 Å². The van der Waals surface area contributed by atoms with Gasteiger partial charge in [-0.2, -0.15) is 0 Å². The molecule has 0 aromatic carbocycles. The van der Waals surface area contributed by atoms with Crippen molar-refractivity contribution in [1.82, 2.24) is 0 Å². The summed E-state index contributed by atoms with van der Waals surface area (Å²) < 4.78 is 4.44. The van der Waals surface area contributed by atoms with Crippen molar-refractivity contribution < 1.29 is 44.2 Å². The number of hydrogen-bond acceptors (Lipinski definition) is 3. The van der Waals surface area contributed by atoms with E-state index in [2.05, 4.69) is 4.74 Å². The first-order valence-corrected chi connectivity index (χ1v) is 2.55. The molecule has 0 aromatic rings. The van der Waals surface area contributed by atoms with Crippen LogP contribution in [-0.4, -0.2) is 19.2 Å². The van der Waals surface area contributed by atoms with Crippen molar-refractivity contribution in [3.05, 3.63) is 0 Å². The van der Waals surface area contributed by atoms with Gasteiger partial charge in [0.05, 0.1) is 6.61 Å². The SMILES string of the molecule is CCOC(=O)CC[O-].[Na+]. The van der Waals surface area contributed by atoms with Gasteiger partial charge < -0.3 is 9.84 Å². The van der Waals surface area contributed by atoms with E-state index in [0.29, 0.717) is 6.61 Å². The normalized spacial score (nSPS) is 7.78. The van der Waals surface area contributed by atoms with E-state index in [1.165, 1.54) is 0 Å². The van der Waals surface area contributed by atoms with E-state index in [9.17, 15) is 9.90 Å². The molecule has 0 saturated carbocycles. The Kier molecular flexibility index (Phi) is 11.4. The summed E-state index contributed by atoms with van der Waals surface area (Å²) in [6.07, 6.45) is -0.00611. The molecular weight excluding hydrogens is 131 g/mol. The predicted octanol–water partition coefficient (Wildman–Crippen LogP) is -3.70. The van der Waals surface area contributed by atoms with Crippen LogP contribution in [0, 0.1) is 0 Å². The maximum Gasteiger partial charge on any atom is 1.00 e. The predicted molar refractivity (Wildman–Crippen MR) is 26.1 cm³/mol. The molecule has 4 heteroatoms. The molecule has 0 rings (SSSR count). The van der Waals surface area contributed by atoms with Gasteiger partial charge in [-0.25, -0.2) is 0 Å². The second kappa shape index (κ2) is 8.43. The Morgan fingerprint density at radius 3 is 2.56 bits per heavy atom. The Labute approximate surface area is 76.7 Å². The molecule has 0 spiro atoms. The number of carbonyl (C=O) groups is 1.